The van der Waals surface area contributed by atoms with Gasteiger partial charge in [0.05, 0.1) is 10.6 Å². The first-order valence-electron chi connectivity index (χ1n) is 10.1. The molecular formula is C22H24N4O3S2. The van der Waals surface area contributed by atoms with E-state index in [9.17, 15) is 13.2 Å². The van der Waals surface area contributed by atoms with Gasteiger partial charge in [-0.25, -0.2) is 13.4 Å². The highest BCUT2D eigenvalue weighted by Crippen LogP contribution is 2.24. The first-order valence-corrected chi connectivity index (χ1v) is 12.4. The van der Waals surface area contributed by atoms with Crippen molar-refractivity contribution in [3.63, 3.8) is 0 Å². The van der Waals surface area contributed by atoms with Crippen molar-refractivity contribution in [2.75, 3.05) is 38.0 Å². The molecule has 0 bridgehead atoms. The Labute approximate surface area is 186 Å². The summed E-state index contributed by atoms with van der Waals surface area (Å²) in [5.41, 5.74) is 1.86. The standard InChI is InChI=1S/C22H24N4O3S2/c27-21(24-22-23-20(17-30-22)18-7-3-1-4-8-18)11-12-25-13-15-26(16-14-25)31(28,29)19-9-5-2-6-10-19/h1-10,17H,11-16H2,(H,23,24,27). The number of sulfonamides is 1. The molecule has 1 aliphatic heterocycles. The third kappa shape index (κ3) is 5.37. The molecule has 1 saturated heterocycles. The van der Waals surface area contributed by atoms with E-state index in [-0.39, 0.29) is 5.91 Å². The number of hydrogen-bond acceptors (Lipinski definition) is 6. The number of carbonyl (C=O) groups is 1. The molecule has 0 aliphatic carbocycles. The topological polar surface area (TPSA) is 82.6 Å². The first kappa shape index (κ1) is 21.6. The van der Waals surface area contributed by atoms with Crippen LogP contribution in [0.4, 0.5) is 5.13 Å². The lowest BCUT2D eigenvalue weighted by molar-refractivity contribution is -0.116. The number of aromatic nitrogens is 1. The van der Waals surface area contributed by atoms with Crippen LogP contribution in [-0.4, -0.2) is 61.2 Å². The van der Waals surface area contributed by atoms with Gasteiger partial charge in [-0.1, -0.05) is 48.5 Å². The Morgan fingerprint density at radius 1 is 0.968 bits per heavy atom. The Morgan fingerprint density at radius 3 is 2.29 bits per heavy atom. The van der Waals surface area contributed by atoms with Crippen molar-refractivity contribution in [2.24, 2.45) is 0 Å². The first-order chi connectivity index (χ1) is 15.0. The molecule has 2 heterocycles. The van der Waals surface area contributed by atoms with E-state index >= 15 is 0 Å². The van der Waals surface area contributed by atoms with Crippen LogP contribution in [0.1, 0.15) is 6.42 Å². The Balaban J connectivity index is 1.24. The average Bonchev–Trinajstić information content (AvgIpc) is 3.27. The Morgan fingerprint density at radius 2 is 1.61 bits per heavy atom. The molecule has 7 nitrogen and oxygen atoms in total. The zero-order valence-corrected chi connectivity index (χ0v) is 18.6. The van der Waals surface area contributed by atoms with E-state index in [4.69, 9.17) is 0 Å². The highest BCUT2D eigenvalue weighted by molar-refractivity contribution is 7.89. The zero-order valence-electron chi connectivity index (χ0n) is 17.0. The summed E-state index contributed by atoms with van der Waals surface area (Å²) in [6.07, 6.45) is 0.339. The second-order valence-corrected chi connectivity index (χ2v) is 10.1. The molecule has 1 fully saturated rings. The number of nitrogens with zero attached hydrogens (tertiary/aromatic N) is 3. The number of thiazole rings is 1. The zero-order chi connectivity index (χ0) is 21.7. The molecule has 3 aromatic rings. The number of nitrogens with one attached hydrogen (secondary N) is 1. The van der Waals surface area contributed by atoms with Crippen LogP contribution in [0.2, 0.25) is 0 Å². The summed E-state index contributed by atoms with van der Waals surface area (Å²) in [5.74, 6) is -0.0895. The van der Waals surface area contributed by atoms with Crippen molar-refractivity contribution in [1.82, 2.24) is 14.2 Å². The van der Waals surface area contributed by atoms with Crippen molar-refractivity contribution in [3.8, 4) is 11.3 Å². The molecule has 9 heteroatoms. The minimum Gasteiger partial charge on any atom is -0.302 e. The number of carbonyl (C=O) groups excluding carboxylic acids is 1. The highest BCUT2D eigenvalue weighted by Gasteiger charge is 2.28. The van der Waals surface area contributed by atoms with E-state index in [1.54, 1.807) is 30.3 Å². The van der Waals surface area contributed by atoms with Gasteiger partial charge in [0.25, 0.3) is 0 Å². The normalized spacial score (nSPS) is 15.6. The molecule has 0 spiro atoms. The number of benzene rings is 2. The molecule has 0 radical (unpaired) electrons. The van der Waals surface area contributed by atoms with Crippen LogP contribution in [0, 0.1) is 0 Å². The molecule has 1 amide bonds. The summed E-state index contributed by atoms with van der Waals surface area (Å²) >= 11 is 1.41. The SMILES string of the molecule is O=C(CCN1CCN(S(=O)(=O)c2ccccc2)CC1)Nc1nc(-c2ccccc2)cs1. The van der Waals surface area contributed by atoms with Gasteiger partial charge in [0.15, 0.2) is 5.13 Å². The van der Waals surface area contributed by atoms with Crippen LogP contribution < -0.4 is 5.32 Å². The van der Waals surface area contributed by atoms with E-state index in [1.165, 1.54) is 15.6 Å². The van der Waals surface area contributed by atoms with E-state index < -0.39 is 10.0 Å². The fraction of sp³-hybridized carbons (Fsp3) is 0.273. The van der Waals surface area contributed by atoms with Gasteiger partial charge in [-0.3, -0.25) is 4.79 Å². The van der Waals surface area contributed by atoms with Crippen molar-refractivity contribution >= 4 is 32.4 Å². The minimum absolute atomic E-state index is 0.0895. The van der Waals surface area contributed by atoms with Gasteiger partial charge >= 0.3 is 0 Å². The molecule has 4 rings (SSSR count). The van der Waals surface area contributed by atoms with Crippen LogP contribution in [0.25, 0.3) is 11.3 Å². The summed E-state index contributed by atoms with van der Waals surface area (Å²) in [4.78, 5) is 19.3. The fourth-order valence-electron chi connectivity index (χ4n) is 3.45. The van der Waals surface area contributed by atoms with E-state index in [2.05, 4.69) is 15.2 Å². The molecular weight excluding hydrogens is 432 g/mol. The second-order valence-electron chi connectivity index (χ2n) is 7.26. The molecule has 1 N–H and O–H groups in total. The van der Waals surface area contributed by atoms with Crippen molar-refractivity contribution < 1.29 is 13.2 Å². The predicted octanol–water partition coefficient (Wildman–Crippen LogP) is 3.15. The largest absolute Gasteiger partial charge is 0.302 e. The smallest absolute Gasteiger partial charge is 0.243 e. The van der Waals surface area contributed by atoms with Crippen molar-refractivity contribution in [1.29, 1.82) is 0 Å². The maximum atomic E-state index is 12.7. The van der Waals surface area contributed by atoms with Gasteiger partial charge in [-0.15, -0.1) is 11.3 Å². The van der Waals surface area contributed by atoms with Gasteiger partial charge < -0.3 is 10.2 Å². The van der Waals surface area contributed by atoms with Crippen molar-refractivity contribution in [3.05, 3.63) is 66.0 Å². The molecule has 0 unspecified atom stereocenters. The number of piperazine rings is 1. The lowest BCUT2D eigenvalue weighted by Gasteiger charge is -2.33. The summed E-state index contributed by atoms with van der Waals surface area (Å²) < 4.78 is 26.9. The van der Waals surface area contributed by atoms with E-state index in [1.807, 2.05) is 35.7 Å². The molecule has 2 aromatic carbocycles. The van der Waals surface area contributed by atoms with E-state index in [0.717, 1.165) is 11.3 Å². The highest BCUT2D eigenvalue weighted by atomic mass is 32.2. The second kappa shape index (κ2) is 9.69. The number of hydrogen-bond donors (Lipinski definition) is 1. The van der Waals surface area contributed by atoms with E-state index in [0.29, 0.717) is 49.2 Å². The lowest BCUT2D eigenvalue weighted by atomic mass is 10.2. The minimum atomic E-state index is -3.46. The molecule has 162 valence electrons. The van der Waals surface area contributed by atoms with Crippen LogP contribution in [0.3, 0.4) is 0 Å². The molecule has 0 saturated carbocycles. The lowest BCUT2D eigenvalue weighted by Crippen LogP contribution is -2.49. The van der Waals surface area contributed by atoms with Crippen molar-refractivity contribution in [2.45, 2.75) is 11.3 Å². The summed E-state index contributed by atoms with van der Waals surface area (Å²) in [6, 6.07) is 18.3. The molecule has 1 aliphatic rings. The molecule has 0 atom stereocenters. The third-order valence-corrected chi connectivity index (χ3v) is 7.86. The summed E-state index contributed by atoms with van der Waals surface area (Å²) in [7, 11) is -3.46. The average molecular weight is 457 g/mol. The van der Waals surface area contributed by atoms with Crippen LogP contribution in [-0.2, 0) is 14.8 Å². The van der Waals surface area contributed by atoms with Gasteiger partial charge in [0, 0.05) is 50.1 Å². The van der Waals surface area contributed by atoms with Gasteiger partial charge in [-0.2, -0.15) is 4.31 Å². The number of amides is 1. The Kier molecular flexibility index (Phi) is 6.77. The number of anilines is 1. The molecule has 1 aromatic heterocycles. The fourth-order valence-corrected chi connectivity index (χ4v) is 5.63. The maximum absolute atomic E-state index is 12.7. The van der Waals surface area contributed by atoms with Gasteiger partial charge in [-0.05, 0) is 12.1 Å². The van der Waals surface area contributed by atoms with Crippen LogP contribution in [0.5, 0.6) is 0 Å². The van der Waals surface area contributed by atoms with Gasteiger partial charge in [0.2, 0.25) is 15.9 Å². The predicted molar refractivity (Wildman–Crippen MR) is 122 cm³/mol. The molecule has 31 heavy (non-hydrogen) atoms. The van der Waals surface area contributed by atoms with Crippen LogP contribution in [0.15, 0.2) is 70.9 Å². The summed E-state index contributed by atoms with van der Waals surface area (Å²) in [5, 5.41) is 5.38. The third-order valence-electron chi connectivity index (χ3n) is 5.19. The van der Waals surface area contributed by atoms with Gasteiger partial charge in [0.1, 0.15) is 0 Å². The Bertz CT molecular complexity index is 1110. The van der Waals surface area contributed by atoms with Crippen LogP contribution >= 0.6 is 11.3 Å². The quantitative estimate of drug-likeness (QED) is 0.591. The monoisotopic (exact) mass is 456 g/mol. The Hall–Kier alpha value is -2.59. The maximum Gasteiger partial charge on any atom is 0.243 e. The number of rotatable bonds is 7. The summed E-state index contributed by atoms with van der Waals surface area (Å²) in [6.45, 7) is 2.64.